The van der Waals surface area contributed by atoms with Crippen LogP contribution in [0.15, 0.2) is 28.3 Å². The molecule has 1 atom stereocenters. The summed E-state index contributed by atoms with van der Waals surface area (Å²) >= 11 is 3.03. The number of aryl methyl sites for hydroxylation is 1. The van der Waals surface area contributed by atoms with E-state index in [-0.39, 0.29) is 12.5 Å². The Balaban J connectivity index is 1.88. The van der Waals surface area contributed by atoms with Crippen molar-refractivity contribution in [3.63, 3.8) is 0 Å². The first kappa shape index (κ1) is 14.2. The van der Waals surface area contributed by atoms with E-state index in [1.54, 1.807) is 18.3 Å². The van der Waals surface area contributed by atoms with Crippen LogP contribution in [0.5, 0.6) is 0 Å². The normalized spacial score (nSPS) is 14.1. The highest BCUT2D eigenvalue weighted by atomic mass is 32.1. The third-order valence-electron chi connectivity index (χ3n) is 2.75. The average molecular weight is 295 g/mol. The predicted octanol–water partition coefficient (Wildman–Crippen LogP) is 2.84. The Morgan fingerprint density at radius 2 is 2.26 bits per heavy atom. The van der Waals surface area contributed by atoms with Gasteiger partial charge in [-0.3, -0.25) is 4.79 Å². The van der Waals surface area contributed by atoms with Gasteiger partial charge in [0, 0.05) is 13.0 Å². The van der Waals surface area contributed by atoms with Gasteiger partial charge >= 0.3 is 0 Å². The molecule has 2 aromatic heterocycles. The van der Waals surface area contributed by atoms with Crippen molar-refractivity contribution < 1.29 is 9.90 Å². The number of amides is 1. The molecule has 0 fully saturated rings. The first-order chi connectivity index (χ1) is 8.96. The topological polar surface area (TPSA) is 49.3 Å². The molecule has 0 aliphatic heterocycles. The van der Waals surface area contributed by atoms with Crippen molar-refractivity contribution in [2.45, 2.75) is 25.9 Å². The summed E-state index contributed by atoms with van der Waals surface area (Å²) in [7, 11) is 0. The maximum atomic E-state index is 11.9. The number of hydrogen-bond acceptors (Lipinski definition) is 4. The zero-order valence-electron chi connectivity index (χ0n) is 11.0. The molecule has 0 aromatic carbocycles. The Morgan fingerprint density at radius 1 is 1.47 bits per heavy atom. The molecule has 19 heavy (non-hydrogen) atoms. The Bertz CT molecular complexity index is 544. The molecule has 0 aliphatic carbocycles. The largest absolute Gasteiger partial charge is 0.388 e. The average Bonchev–Trinajstić information content (AvgIpc) is 2.97. The molecule has 0 saturated heterocycles. The first-order valence-electron chi connectivity index (χ1n) is 6.03. The maximum absolute atomic E-state index is 11.9. The molecule has 2 aromatic rings. The summed E-state index contributed by atoms with van der Waals surface area (Å²) < 4.78 is 0. The lowest BCUT2D eigenvalue weighted by molar-refractivity contribution is 0.0555. The van der Waals surface area contributed by atoms with E-state index in [4.69, 9.17) is 0 Å². The van der Waals surface area contributed by atoms with Gasteiger partial charge < -0.3 is 10.4 Å². The van der Waals surface area contributed by atoms with Gasteiger partial charge in [-0.05, 0) is 53.2 Å². The van der Waals surface area contributed by atoms with E-state index in [1.807, 2.05) is 35.2 Å². The lowest BCUT2D eigenvalue weighted by atomic mass is 9.98. The minimum Gasteiger partial charge on any atom is -0.388 e. The van der Waals surface area contributed by atoms with Crippen LogP contribution in [0.1, 0.15) is 27.7 Å². The highest BCUT2D eigenvalue weighted by Gasteiger charge is 2.22. The molecule has 0 aliphatic rings. The van der Waals surface area contributed by atoms with Gasteiger partial charge in [0.15, 0.2) is 0 Å². The first-order valence-corrected chi connectivity index (χ1v) is 7.85. The summed E-state index contributed by atoms with van der Waals surface area (Å²) in [5, 5.41) is 19.0. The summed E-state index contributed by atoms with van der Waals surface area (Å²) in [5.41, 5.74) is 1.25. The van der Waals surface area contributed by atoms with E-state index in [0.29, 0.717) is 11.3 Å². The minimum absolute atomic E-state index is 0.122. The van der Waals surface area contributed by atoms with E-state index < -0.39 is 5.60 Å². The molecule has 0 spiro atoms. The second kappa shape index (κ2) is 5.86. The van der Waals surface area contributed by atoms with Gasteiger partial charge in [0.25, 0.3) is 5.91 Å². The zero-order valence-corrected chi connectivity index (χ0v) is 12.6. The monoisotopic (exact) mass is 295 g/mol. The van der Waals surface area contributed by atoms with E-state index in [9.17, 15) is 9.90 Å². The number of hydrogen-bond donors (Lipinski definition) is 2. The van der Waals surface area contributed by atoms with Gasteiger partial charge in [-0.15, -0.1) is 11.3 Å². The summed E-state index contributed by atoms with van der Waals surface area (Å²) in [5.74, 6) is -0.122. The molecule has 2 heterocycles. The van der Waals surface area contributed by atoms with Crippen molar-refractivity contribution in [2.75, 3.05) is 6.54 Å². The van der Waals surface area contributed by atoms with Crippen LogP contribution in [0.3, 0.4) is 0 Å². The van der Waals surface area contributed by atoms with Crippen LogP contribution in [0, 0.1) is 6.92 Å². The van der Waals surface area contributed by atoms with Crippen molar-refractivity contribution in [3.05, 3.63) is 44.3 Å². The molecule has 0 bridgehead atoms. The van der Waals surface area contributed by atoms with Crippen LogP contribution < -0.4 is 5.32 Å². The summed E-state index contributed by atoms with van der Waals surface area (Å²) in [4.78, 5) is 12.6. The number of aliphatic hydroxyl groups is 1. The standard InChI is InChI=1S/C14H17NO2S2/c1-10-5-12(19-7-10)13(16)15-9-14(2,17)6-11-3-4-18-8-11/h3-5,7-8,17H,6,9H2,1-2H3,(H,15,16). The lowest BCUT2D eigenvalue weighted by Crippen LogP contribution is -2.42. The molecule has 2 rings (SSSR count). The second-order valence-electron chi connectivity index (χ2n) is 4.98. The number of rotatable bonds is 5. The lowest BCUT2D eigenvalue weighted by Gasteiger charge is -2.23. The quantitative estimate of drug-likeness (QED) is 0.891. The van der Waals surface area contributed by atoms with E-state index >= 15 is 0 Å². The van der Waals surface area contributed by atoms with Crippen molar-refractivity contribution in [1.29, 1.82) is 0 Å². The Kier molecular flexibility index (Phi) is 4.39. The van der Waals surface area contributed by atoms with Crippen LogP contribution in [0.25, 0.3) is 0 Å². The minimum atomic E-state index is -0.928. The van der Waals surface area contributed by atoms with Gasteiger partial charge in [-0.25, -0.2) is 0 Å². The molecule has 2 N–H and O–H groups in total. The molecule has 0 saturated carbocycles. The van der Waals surface area contributed by atoms with Gasteiger partial charge in [0.1, 0.15) is 0 Å². The number of nitrogens with one attached hydrogen (secondary N) is 1. The van der Waals surface area contributed by atoms with Crippen molar-refractivity contribution in [1.82, 2.24) is 5.32 Å². The smallest absolute Gasteiger partial charge is 0.261 e. The van der Waals surface area contributed by atoms with Crippen LogP contribution in [-0.4, -0.2) is 23.2 Å². The Labute approximate surface area is 120 Å². The van der Waals surface area contributed by atoms with Crippen LogP contribution >= 0.6 is 22.7 Å². The number of carbonyl (C=O) groups excluding carboxylic acids is 1. The van der Waals surface area contributed by atoms with Crippen LogP contribution in [0.2, 0.25) is 0 Å². The van der Waals surface area contributed by atoms with Crippen molar-refractivity contribution in [2.24, 2.45) is 0 Å². The SMILES string of the molecule is Cc1csc(C(=O)NCC(C)(O)Cc2ccsc2)c1. The molecule has 0 radical (unpaired) electrons. The third kappa shape index (κ3) is 4.16. The molecule has 1 unspecified atom stereocenters. The van der Waals surface area contributed by atoms with E-state index in [1.165, 1.54) is 11.3 Å². The molecule has 5 heteroatoms. The number of thiophene rings is 2. The highest BCUT2D eigenvalue weighted by Crippen LogP contribution is 2.16. The van der Waals surface area contributed by atoms with Gasteiger partial charge in [0.2, 0.25) is 0 Å². The van der Waals surface area contributed by atoms with Crippen LogP contribution in [0.4, 0.5) is 0 Å². The molecular formula is C14H17NO2S2. The molecule has 3 nitrogen and oxygen atoms in total. The Hall–Kier alpha value is -1.17. The predicted molar refractivity (Wildman–Crippen MR) is 80.0 cm³/mol. The summed E-state index contributed by atoms with van der Waals surface area (Å²) in [6.45, 7) is 3.95. The zero-order chi connectivity index (χ0) is 13.9. The fourth-order valence-corrected chi connectivity index (χ4v) is 3.29. The number of carbonyl (C=O) groups is 1. The summed E-state index contributed by atoms with van der Waals surface area (Å²) in [6, 6.07) is 3.84. The van der Waals surface area contributed by atoms with Crippen molar-refractivity contribution in [3.8, 4) is 0 Å². The molecule has 102 valence electrons. The molecular weight excluding hydrogens is 278 g/mol. The maximum Gasteiger partial charge on any atom is 0.261 e. The van der Waals surface area contributed by atoms with Crippen molar-refractivity contribution >= 4 is 28.6 Å². The van der Waals surface area contributed by atoms with E-state index in [0.717, 1.165) is 11.1 Å². The molecule has 1 amide bonds. The van der Waals surface area contributed by atoms with E-state index in [2.05, 4.69) is 5.32 Å². The second-order valence-corrected chi connectivity index (χ2v) is 6.67. The van der Waals surface area contributed by atoms with Gasteiger partial charge in [-0.1, -0.05) is 0 Å². The van der Waals surface area contributed by atoms with Gasteiger partial charge in [0.05, 0.1) is 10.5 Å². The van der Waals surface area contributed by atoms with Crippen LogP contribution in [-0.2, 0) is 6.42 Å². The Morgan fingerprint density at radius 3 is 2.84 bits per heavy atom. The summed E-state index contributed by atoms with van der Waals surface area (Å²) in [6.07, 6.45) is 0.542. The van der Waals surface area contributed by atoms with Gasteiger partial charge in [-0.2, -0.15) is 11.3 Å². The highest BCUT2D eigenvalue weighted by molar-refractivity contribution is 7.12. The third-order valence-corrected chi connectivity index (χ3v) is 4.53. The fourth-order valence-electron chi connectivity index (χ4n) is 1.80. The fraction of sp³-hybridized carbons (Fsp3) is 0.357.